The van der Waals surface area contributed by atoms with E-state index in [9.17, 15) is 14.4 Å². The summed E-state index contributed by atoms with van der Waals surface area (Å²) in [6, 6.07) is 7.04. The van der Waals surface area contributed by atoms with Crippen LogP contribution >= 0.6 is 11.3 Å². The quantitative estimate of drug-likeness (QED) is 0.670. The molecule has 0 radical (unpaired) electrons. The van der Waals surface area contributed by atoms with Crippen molar-refractivity contribution in [1.29, 1.82) is 0 Å². The zero-order valence-corrected chi connectivity index (χ0v) is 18.4. The van der Waals surface area contributed by atoms with Crippen LogP contribution < -0.4 is 15.8 Å². The molecule has 0 atom stereocenters. The van der Waals surface area contributed by atoms with Crippen molar-refractivity contribution < 1.29 is 14.3 Å². The fraction of sp³-hybridized carbons (Fsp3) is 0.286. The number of amides is 2. The minimum absolute atomic E-state index is 0.262. The van der Waals surface area contributed by atoms with Gasteiger partial charge in [0.15, 0.2) is 0 Å². The van der Waals surface area contributed by atoms with Crippen LogP contribution in [0.25, 0.3) is 10.6 Å². The molecule has 31 heavy (non-hydrogen) atoms. The Labute approximate surface area is 182 Å². The number of hydrogen-bond donors (Lipinski definition) is 1. The molecule has 160 valence electrons. The summed E-state index contributed by atoms with van der Waals surface area (Å²) in [6.07, 6.45) is -0.447. The topological polar surface area (TPSA) is 106 Å². The lowest BCUT2D eigenvalue weighted by Crippen LogP contribution is -2.25. The number of ether oxygens (including phenoxy) is 1. The number of para-hydroxylation sites is 2. The van der Waals surface area contributed by atoms with Gasteiger partial charge in [0.2, 0.25) is 0 Å². The number of cyclic esters (lactones) is 1. The van der Waals surface area contributed by atoms with Gasteiger partial charge in [-0.1, -0.05) is 12.1 Å². The fourth-order valence-corrected chi connectivity index (χ4v) is 4.48. The Morgan fingerprint density at radius 2 is 1.90 bits per heavy atom. The molecule has 0 saturated carbocycles. The van der Waals surface area contributed by atoms with Crippen LogP contribution in [0.3, 0.4) is 0 Å². The van der Waals surface area contributed by atoms with Crippen LogP contribution in [0.5, 0.6) is 0 Å². The van der Waals surface area contributed by atoms with E-state index in [1.165, 1.54) is 9.58 Å². The second-order valence-electron chi connectivity index (χ2n) is 7.19. The Kier molecular flexibility index (Phi) is 5.32. The average Bonchev–Trinajstić information content (AvgIpc) is 3.33. The van der Waals surface area contributed by atoms with Crippen LogP contribution in [0.4, 0.5) is 16.2 Å². The fourth-order valence-electron chi connectivity index (χ4n) is 3.42. The van der Waals surface area contributed by atoms with Crippen LogP contribution in [-0.2, 0) is 11.8 Å². The molecule has 0 spiro atoms. The zero-order chi connectivity index (χ0) is 22.3. The second-order valence-corrected chi connectivity index (χ2v) is 8.18. The Morgan fingerprint density at radius 3 is 2.61 bits per heavy atom. The summed E-state index contributed by atoms with van der Waals surface area (Å²) >= 11 is 1.15. The van der Waals surface area contributed by atoms with Crippen molar-refractivity contribution in [1.82, 2.24) is 14.8 Å². The minimum Gasteiger partial charge on any atom is -0.447 e. The van der Waals surface area contributed by atoms with E-state index in [0.717, 1.165) is 22.6 Å². The number of anilines is 2. The van der Waals surface area contributed by atoms with Crippen LogP contribution in [0, 0.1) is 20.8 Å². The smallest absolute Gasteiger partial charge is 0.414 e. The Morgan fingerprint density at radius 1 is 1.16 bits per heavy atom. The number of carbonyl (C=O) groups excluding carboxylic acids is 2. The number of rotatable bonds is 4. The summed E-state index contributed by atoms with van der Waals surface area (Å²) in [5, 5.41) is 7.53. The zero-order valence-electron chi connectivity index (χ0n) is 17.6. The normalized spacial score (nSPS) is 13.4. The molecule has 10 heteroatoms. The monoisotopic (exact) mass is 439 g/mol. The molecule has 2 aromatic heterocycles. The lowest BCUT2D eigenvalue weighted by Gasteiger charge is -2.17. The first kappa shape index (κ1) is 20.7. The number of hydrogen-bond acceptors (Lipinski definition) is 7. The molecule has 4 rings (SSSR count). The molecule has 1 aromatic carbocycles. The van der Waals surface area contributed by atoms with Gasteiger partial charge in [-0.15, -0.1) is 11.3 Å². The summed E-state index contributed by atoms with van der Waals surface area (Å²) in [4.78, 5) is 44.1. The molecule has 0 unspecified atom stereocenters. The Bertz CT molecular complexity index is 1260. The van der Waals surface area contributed by atoms with E-state index in [1.54, 1.807) is 38.2 Å². The largest absolute Gasteiger partial charge is 0.447 e. The number of aryl methyl sites for hydroxylation is 3. The summed E-state index contributed by atoms with van der Waals surface area (Å²) in [5.41, 5.74) is 3.22. The molecule has 2 amide bonds. The molecule has 1 aliphatic rings. The van der Waals surface area contributed by atoms with E-state index in [-0.39, 0.29) is 11.5 Å². The highest BCUT2D eigenvalue weighted by atomic mass is 32.1. The van der Waals surface area contributed by atoms with Crippen molar-refractivity contribution in [3.8, 4) is 10.6 Å². The van der Waals surface area contributed by atoms with Crippen molar-refractivity contribution in [3.63, 3.8) is 0 Å². The first-order chi connectivity index (χ1) is 14.8. The third-order valence-corrected chi connectivity index (χ3v) is 6.32. The molecule has 3 aromatic rings. The maximum Gasteiger partial charge on any atom is 0.414 e. The molecular weight excluding hydrogens is 418 g/mol. The van der Waals surface area contributed by atoms with Gasteiger partial charge < -0.3 is 10.1 Å². The van der Waals surface area contributed by atoms with Crippen molar-refractivity contribution in [2.75, 3.05) is 23.4 Å². The molecule has 1 aliphatic heterocycles. The maximum atomic E-state index is 13.1. The summed E-state index contributed by atoms with van der Waals surface area (Å²) in [7, 11) is 1.59. The van der Waals surface area contributed by atoms with Gasteiger partial charge in [-0.3, -0.25) is 14.5 Å². The highest BCUT2D eigenvalue weighted by Crippen LogP contribution is 2.32. The van der Waals surface area contributed by atoms with E-state index in [2.05, 4.69) is 15.4 Å². The van der Waals surface area contributed by atoms with Gasteiger partial charge in [-0.05, 0) is 38.5 Å². The van der Waals surface area contributed by atoms with Gasteiger partial charge in [-0.25, -0.2) is 14.5 Å². The summed E-state index contributed by atoms with van der Waals surface area (Å²) in [6.45, 7) is 6.09. The third-order valence-electron chi connectivity index (χ3n) is 5.15. The number of nitrogens with zero attached hydrogens (tertiary/aromatic N) is 4. The lowest BCUT2D eigenvalue weighted by atomic mass is 10.1. The highest BCUT2D eigenvalue weighted by molar-refractivity contribution is 7.17. The van der Waals surface area contributed by atoms with Crippen molar-refractivity contribution in [2.45, 2.75) is 20.8 Å². The van der Waals surface area contributed by atoms with Gasteiger partial charge in [0.05, 0.1) is 34.9 Å². The Hall–Kier alpha value is -3.53. The van der Waals surface area contributed by atoms with Gasteiger partial charge in [0, 0.05) is 7.05 Å². The highest BCUT2D eigenvalue weighted by Gasteiger charge is 2.27. The molecular formula is C21H21N5O4S. The van der Waals surface area contributed by atoms with E-state index in [4.69, 9.17) is 4.74 Å². The van der Waals surface area contributed by atoms with Gasteiger partial charge in [-0.2, -0.15) is 5.10 Å². The van der Waals surface area contributed by atoms with Crippen molar-refractivity contribution >= 4 is 34.7 Å². The first-order valence-corrected chi connectivity index (χ1v) is 10.5. The standard InChI is InChI=1S/C21H21N5O4S/c1-11-12(2)24-25(4)20(28)16(11)19-22-13(3)17(31-19)18(27)23-14-7-5-6-8-15(14)26-9-10-30-21(26)29/h5-8H,9-10H2,1-4H3,(H,23,27). The number of carbonyl (C=O) groups is 2. The van der Waals surface area contributed by atoms with E-state index >= 15 is 0 Å². The molecule has 0 aliphatic carbocycles. The average molecular weight is 439 g/mol. The molecule has 3 heterocycles. The van der Waals surface area contributed by atoms with Crippen molar-refractivity contribution in [2.24, 2.45) is 7.05 Å². The Balaban J connectivity index is 1.68. The maximum absolute atomic E-state index is 13.1. The van der Waals surface area contributed by atoms with Crippen LogP contribution in [0.2, 0.25) is 0 Å². The molecule has 1 N–H and O–H groups in total. The number of thiazole rings is 1. The first-order valence-electron chi connectivity index (χ1n) is 9.65. The predicted molar refractivity (Wildman–Crippen MR) is 118 cm³/mol. The minimum atomic E-state index is -0.447. The van der Waals surface area contributed by atoms with E-state index in [1.807, 2.05) is 13.8 Å². The molecule has 1 fully saturated rings. The number of nitrogens with one attached hydrogen (secondary N) is 1. The molecule has 1 saturated heterocycles. The second kappa shape index (κ2) is 7.95. The lowest BCUT2D eigenvalue weighted by molar-refractivity contribution is 0.102. The summed E-state index contributed by atoms with van der Waals surface area (Å²) < 4.78 is 6.28. The van der Waals surface area contributed by atoms with E-state index < -0.39 is 6.09 Å². The van der Waals surface area contributed by atoms with Gasteiger partial charge in [0.1, 0.15) is 16.5 Å². The van der Waals surface area contributed by atoms with Crippen LogP contribution in [0.1, 0.15) is 26.6 Å². The third kappa shape index (κ3) is 3.70. The molecule has 0 bridgehead atoms. The van der Waals surface area contributed by atoms with Gasteiger partial charge >= 0.3 is 6.09 Å². The predicted octanol–water partition coefficient (Wildman–Crippen LogP) is 3.04. The van der Waals surface area contributed by atoms with Crippen molar-refractivity contribution in [3.05, 3.63) is 56.4 Å². The number of aromatic nitrogens is 3. The molecule has 9 nitrogen and oxygen atoms in total. The van der Waals surface area contributed by atoms with Crippen LogP contribution in [0.15, 0.2) is 29.1 Å². The summed E-state index contributed by atoms with van der Waals surface area (Å²) in [5.74, 6) is -0.360. The van der Waals surface area contributed by atoms with Crippen LogP contribution in [-0.4, -0.2) is 39.9 Å². The van der Waals surface area contributed by atoms with E-state index in [0.29, 0.717) is 45.7 Å². The SMILES string of the molecule is Cc1nc(-c2c(C)c(C)nn(C)c2=O)sc1C(=O)Nc1ccccc1N1CCOC1=O. The van der Waals surface area contributed by atoms with Gasteiger partial charge in [0.25, 0.3) is 11.5 Å². The number of benzene rings is 1.